The summed E-state index contributed by atoms with van der Waals surface area (Å²) in [6.45, 7) is 6.03. The van der Waals surface area contributed by atoms with E-state index < -0.39 is 5.60 Å². The third-order valence-electron chi connectivity index (χ3n) is 3.48. The minimum absolute atomic E-state index is 0.0642. The topological polar surface area (TPSA) is 78.6 Å². The Balaban J connectivity index is 1.69. The molecule has 1 aliphatic rings. The minimum Gasteiger partial charge on any atom is -0.390 e. The Morgan fingerprint density at radius 1 is 1.58 bits per heavy atom. The number of hydrogen-bond acceptors (Lipinski definition) is 5. The van der Waals surface area contributed by atoms with Gasteiger partial charge in [-0.3, -0.25) is 4.79 Å². The summed E-state index contributed by atoms with van der Waals surface area (Å²) in [4.78, 5) is 13.9. The molecule has 0 atom stereocenters. The van der Waals surface area contributed by atoms with Gasteiger partial charge in [0.1, 0.15) is 5.76 Å². The van der Waals surface area contributed by atoms with E-state index in [1.54, 1.807) is 13.0 Å². The largest absolute Gasteiger partial charge is 0.390 e. The maximum Gasteiger partial charge on any atom is 0.226 e. The molecule has 19 heavy (non-hydrogen) atoms. The van der Waals surface area contributed by atoms with Crippen molar-refractivity contribution in [2.24, 2.45) is 0 Å². The van der Waals surface area contributed by atoms with Crippen LogP contribution in [0.15, 0.2) is 10.6 Å². The molecular formula is C13H21N3O3. The summed E-state index contributed by atoms with van der Waals surface area (Å²) in [5.74, 6) is 1.07. The van der Waals surface area contributed by atoms with Crippen LogP contribution >= 0.6 is 0 Å². The number of anilines is 1. The second kappa shape index (κ2) is 5.71. The Bertz CT molecular complexity index is 432. The average molecular weight is 267 g/mol. The highest BCUT2D eigenvalue weighted by Crippen LogP contribution is 2.21. The fourth-order valence-electron chi connectivity index (χ4n) is 2.15. The minimum atomic E-state index is -0.545. The van der Waals surface area contributed by atoms with Crippen molar-refractivity contribution < 1.29 is 14.4 Å². The second-order valence-electron chi connectivity index (χ2n) is 5.46. The maximum atomic E-state index is 11.7. The third kappa shape index (κ3) is 4.33. The molecule has 0 aromatic carbocycles. The number of hydrogen-bond donors (Lipinski definition) is 2. The molecule has 0 bridgehead atoms. The van der Waals surface area contributed by atoms with Crippen LogP contribution in [-0.4, -0.2) is 46.3 Å². The van der Waals surface area contributed by atoms with Gasteiger partial charge >= 0.3 is 0 Å². The molecule has 0 spiro atoms. The quantitative estimate of drug-likeness (QED) is 0.856. The molecule has 1 aliphatic heterocycles. The first-order valence-electron chi connectivity index (χ1n) is 6.62. The zero-order valence-electron chi connectivity index (χ0n) is 11.5. The average Bonchev–Trinajstić information content (AvgIpc) is 2.73. The number of aromatic nitrogens is 1. The van der Waals surface area contributed by atoms with E-state index in [0.717, 1.165) is 25.9 Å². The van der Waals surface area contributed by atoms with Crippen LogP contribution < -0.4 is 5.32 Å². The van der Waals surface area contributed by atoms with Gasteiger partial charge in [0.2, 0.25) is 5.91 Å². The molecule has 1 amide bonds. The van der Waals surface area contributed by atoms with Crippen LogP contribution in [0.25, 0.3) is 0 Å². The van der Waals surface area contributed by atoms with Gasteiger partial charge in [-0.1, -0.05) is 5.16 Å². The van der Waals surface area contributed by atoms with Crippen LogP contribution in [0.1, 0.15) is 31.9 Å². The Hall–Kier alpha value is -1.40. The van der Waals surface area contributed by atoms with E-state index in [0.29, 0.717) is 24.5 Å². The smallest absolute Gasteiger partial charge is 0.226 e. The molecule has 0 saturated carbocycles. The van der Waals surface area contributed by atoms with Crippen molar-refractivity contribution in [1.82, 2.24) is 10.1 Å². The van der Waals surface area contributed by atoms with Crippen molar-refractivity contribution in [2.75, 3.05) is 25.0 Å². The van der Waals surface area contributed by atoms with Crippen molar-refractivity contribution in [1.29, 1.82) is 0 Å². The molecule has 1 aromatic rings. The molecule has 1 fully saturated rings. The van der Waals surface area contributed by atoms with Crippen LogP contribution in [0.3, 0.4) is 0 Å². The summed E-state index contributed by atoms with van der Waals surface area (Å²) in [7, 11) is 0. The summed E-state index contributed by atoms with van der Waals surface area (Å²) in [6.07, 6.45) is 1.95. The predicted octanol–water partition coefficient (Wildman–Crippen LogP) is 1.16. The third-order valence-corrected chi connectivity index (χ3v) is 3.48. The van der Waals surface area contributed by atoms with Gasteiger partial charge < -0.3 is 19.8 Å². The maximum absolute atomic E-state index is 11.7. The Kier molecular flexibility index (Phi) is 4.21. The number of aryl methyl sites for hydroxylation is 1. The fourth-order valence-corrected chi connectivity index (χ4v) is 2.15. The lowest BCUT2D eigenvalue weighted by Gasteiger charge is -2.35. The van der Waals surface area contributed by atoms with E-state index in [1.807, 2.05) is 6.92 Å². The highest BCUT2D eigenvalue weighted by atomic mass is 16.5. The van der Waals surface area contributed by atoms with Crippen LogP contribution in [-0.2, 0) is 4.79 Å². The molecule has 6 nitrogen and oxygen atoms in total. The van der Waals surface area contributed by atoms with E-state index in [9.17, 15) is 9.90 Å². The van der Waals surface area contributed by atoms with Crippen molar-refractivity contribution in [2.45, 2.75) is 38.7 Å². The summed E-state index contributed by atoms with van der Waals surface area (Å²) < 4.78 is 4.88. The Morgan fingerprint density at radius 3 is 2.84 bits per heavy atom. The number of carbonyl (C=O) groups is 1. The van der Waals surface area contributed by atoms with Gasteiger partial charge in [-0.25, -0.2) is 0 Å². The van der Waals surface area contributed by atoms with Crippen molar-refractivity contribution in [3.8, 4) is 0 Å². The normalized spacial score (nSPS) is 19.3. The molecule has 0 unspecified atom stereocenters. The molecule has 6 heteroatoms. The number of carbonyl (C=O) groups excluding carboxylic acids is 1. The van der Waals surface area contributed by atoms with Gasteiger partial charge in [0.05, 0.1) is 5.60 Å². The second-order valence-corrected chi connectivity index (χ2v) is 5.46. The SMILES string of the molecule is Cc1cc(NC(=O)CCN2CCC(C)(O)CC2)no1. The van der Waals surface area contributed by atoms with Gasteiger partial charge in [-0.2, -0.15) is 0 Å². The van der Waals surface area contributed by atoms with Gasteiger partial charge in [0.15, 0.2) is 5.82 Å². The molecule has 1 saturated heterocycles. The summed E-state index contributed by atoms with van der Waals surface area (Å²) >= 11 is 0. The van der Waals surface area contributed by atoms with Crippen molar-refractivity contribution >= 4 is 11.7 Å². The highest BCUT2D eigenvalue weighted by molar-refractivity contribution is 5.89. The van der Waals surface area contributed by atoms with Gasteiger partial charge in [-0.05, 0) is 26.7 Å². The lowest BCUT2D eigenvalue weighted by Crippen LogP contribution is -2.43. The predicted molar refractivity (Wildman–Crippen MR) is 70.8 cm³/mol. The first-order chi connectivity index (χ1) is 8.94. The number of nitrogens with zero attached hydrogens (tertiary/aromatic N) is 2. The van der Waals surface area contributed by atoms with Crippen LogP contribution in [0.4, 0.5) is 5.82 Å². The number of aliphatic hydroxyl groups is 1. The van der Waals surface area contributed by atoms with Crippen LogP contribution in [0.5, 0.6) is 0 Å². The molecule has 106 valence electrons. The molecule has 0 aliphatic carbocycles. The lowest BCUT2D eigenvalue weighted by atomic mass is 9.94. The highest BCUT2D eigenvalue weighted by Gasteiger charge is 2.27. The fraction of sp³-hybridized carbons (Fsp3) is 0.692. The zero-order valence-corrected chi connectivity index (χ0v) is 11.5. The summed E-state index contributed by atoms with van der Waals surface area (Å²) in [5, 5.41) is 16.3. The van der Waals surface area contributed by atoms with E-state index in [1.165, 1.54) is 0 Å². The number of amides is 1. The molecule has 2 rings (SSSR count). The monoisotopic (exact) mass is 267 g/mol. The van der Waals surface area contributed by atoms with Gasteiger partial charge in [-0.15, -0.1) is 0 Å². The number of likely N-dealkylation sites (tertiary alicyclic amines) is 1. The van der Waals surface area contributed by atoms with Gasteiger partial charge in [0, 0.05) is 32.1 Å². The number of piperidine rings is 1. The number of nitrogens with one attached hydrogen (secondary N) is 1. The van der Waals surface area contributed by atoms with Crippen molar-refractivity contribution in [3.05, 3.63) is 11.8 Å². The molecular weight excluding hydrogens is 246 g/mol. The first kappa shape index (κ1) is 14.0. The van der Waals surface area contributed by atoms with E-state index in [4.69, 9.17) is 4.52 Å². The van der Waals surface area contributed by atoms with Gasteiger partial charge in [0.25, 0.3) is 0 Å². The van der Waals surface area contributed by atoms with E-state index in [2.05, 4.69) is 15.4 Å². The lowest BCUT2D eigenvalue weighted by molar-refractivity contribution is -0.116. The number of rotatable bonds is 4. The van der Waals surface area contributed by atoms with E-state index >= 15 is 0 Å². The van der Waals surface area contributed by atoms with Crippen LogP contribution in [0.2, 0.25) is 0 Å². The molecule has 0 radical (unpaired) electrons. The van der Waals surface area contributed by atoms with Crippen molar-refractivity contribution in [3.63, 3.8) is 0 Å². The van der Waals surface area contributed by atoms with E-state index in [-0.39, 0.29) is 5.91 Å². The summed E-state index contributed by atoms with van der Waals surface area (Å²) in [6, 6.07) is 1.69. The molecule has 2 N–H and O–H groups in total. The summed E-state index contributed by atoms with van der Waals surface area (Å²) in [5.41, 5.74) is -0.545. The molecule has 2 heterocycles. The Morgan fingerprint density at radius 2 is 2.26 bits per heavy atom. The first-order valence-corrected chi connectivity index (χ1v) is 6.62. The van der Waals surface area contributed by atoms with Crippen LogP contribution in [0, 0.1) is 6.92 Å². The molecule has 1 aromatic heterocycles. The Labute approximate surface area is 112 Å². The zero-order chi connectivity index (χ0) is 13.9. The standard InChI is InChI=1S/C13H21N3O3/c1-10-9-11(15-19-10)14-12(17)3-6-16-7-4-13(2,18)5-8-16/h9,18H,3-8H2,1-2H3,(H,14,15,17).